The van der Waals surface area contributed by atoms with Crippen LogP contribution in [0.1, 0.15) is 29.8 Å². The zero-order valence-electron chi connectivity index (χ0n) is 16.8. The fraction of sp³-hybridized carbons (Fsp3) is 0.364. The van der Waals surface area contributed by atoms with Gasteiger partial charge in [-0.1, -0.05) is 23.7 Å². The van der Waals surface area contributed by atoms with Gasteiger partial charge < -0.3 is 15.2 Å². The Kier molecular flexibility index (Phi) is 6.75. The van der Waals surface area contributed by atoms with Crippen molar-refractivity contribution in [3.8, 4) is 5.75 Å². The summed E-state index contributed by atoms with van der Waals surface area (Å²) in [6.07, 6.45) is 0. The van der Waals surface area contributed by atoms with Crippen molar-refractivity contribution in [2.24, 2.45) is 0 Å². The van der Waals surface area contributed by atoms with Gasteiger partial charge in [0, 0.05) is 30.7 Å². The first kappa shape index (κ1) is 22.2. The highest BCUT2D eigenvalue weighted by atomic mass is 35.5. The number of hydrogen-bond acceptors (Lipinski definition) is 5. The predicted molar refractivity (Wildman–Crippen MR) is 112 cm³/mol. The van der Waals surface area contributed by atoms with Gasteiger partial charge in [0.2, 0.25) is 0 Å². The Hall–Kier alpha value is -2.48. The third-order valence-corrected chi connectivity index (χ3v) is 5.61. The van der Waals surface area contributed by atoms with E-state index >= 15 is 0 Å². The van der Waals surface area contributed by atoms with Crippen LogP contribution in [0.15, 0.2) is 42.5 Å². The summed E-state index contributed by atoms with van der Waals surface area (Å²) in [5.41, 5.74) is 0.00889. The third-order valence-electron chi connectivity index (χ3n) is 5.38. The van der Waals surface area contributed by atoms with Crippen molar-refractivity contribution in [2.45, 2.75) is 32.0 Å². The van der Waals surface area contributed by atoms with Crippen molar-refractivity contribution in [1.29, 1.82) is 0 Å². The molecule has 1 heterocycles. The number of nitrogens with zero attached hydrogens (tertiary/aromatic N) is 1. The van der Waals surface area contributed by atoms with E-state index in [0.717, 1.165) is 5.56 Å². The number of nitrogens with one attached hydrogen (secondary N) is 1. The van der Waals surface area contributed by atoms with E-state index in [4.69, 9.17) is 16.3 Å². The average molecular weight is 435 g/mol. The number of hydrogen-bond donors (Lipinski definition) is 2. The highest BCUT2D eigenvalue weighted by Crippen LogP contribution is 2.24. The second kappa shape index (κ2) is 9.12. The summed E-state index contributed by atoms with van der Waals surface area (Å²) in [6.45, 7) is 5.23. The quantitative estimate of drug-likeness (QED) is 0.695. The minimum absolute atomic E-state index is 0.0937. The lowest BCUT2D eigenvalue weighted by Crippen LogP contribution is -2.66. The maximum Gasteiger partial charge on any atom is 0.339 e. The van der Waals surface area contributed by atoms with Crippen molar-refractivity contribution >= 4 is 23.4 Å². The molecule has 0 bridgehead atoms. The van der Waals surface area contributed by atoms with Gasteiger partial charge in [-0.05, 0) is 49.7 Å². The number of aromatic carboxylic acids is 1. The van der Waals surface area contributed by atoms with Crippen LogP contribution in [0.25, 0.3) is 0 Å². The molecule has 0 radical (unpaired) electrons. The summed E-state index contributed by atoms with van der Waals surface area (Å²) >= 11 is 5.85. The lowest BCUT2D eigenvalue weighted by Gasteiger charge is -2.44. The minimum atomic E-state index is -1.18. The third kappa shape index (κ3) is 5.16. The molecule has 2 N–H and O–H groups in total. The average Bonchev–Trinajstić information content (AvgIpc) is 2.71. The van der Waals surface area contributed by atoms with E-state index in [1.807, 2.05) is 6.92 Å². The van der Waals surface area contributed by atoms with Crippen LogP contribution in [0.3, 0.4) is 0 Å². The van der Waals surface area contributed by atoms with E-state index in [2.05, 4.69) is 17.1 Å². The molecule has 0 amide bonds. The van der Waals surface area contributed by atoms with Gasteiger partial charge in [-0.2, -0.15) is 0 Å². The van der Waals surface area contributed by atoms with Crippen molar-refractivity contribution in [3.05, 3.63) is 64.4 Å². The van der Waals surface area contributed by atoms with Gasteiger partial charge in [0.25, 0.3) is 0 Å². The fourth-order valence-corrected chi connectivity index (χ4v) is 3.61. The van der Waals surface area contributed by atoms with Gasteiger partial charge in [-0.15, -0.1) is 0 Å². The van der Waals surface area contributed by atoms with Crippen LogP contribution in [0.5, 0.6) is 5.75 Å². The standard InChI is InChI=1S/C22H24ClFN2O4/c1-14-10-25-22(2,13-26(14)11-15-3-6-17(24)7-4-15)20(27)12-30-19-8-5-16(23)9-18(19)21(28)29/h3-9,14,25H,10-13H2,1-2H3,(H,28,29). The number of carbonyl (C=O) groups excluding carboxylic acids is 1. The number of halogens is 2. The number of ketones is 1. The Morgan fingerprint density at radius 1 is 1.30 bits per heavy atom. The first-order valence-corrected chi connectivity index (χ1v) is 9.98. The molecule has 6 nitrogen and oxygen atoms in total. The molecule has 2 atom stereocenters. The summed E-state index contributed by atoms with van der Waals surface area (Å²) in [5, 5.41) is 12.9. The van der Waals surface area contributed by atoms with Crippen molar-refractivity contribution in [2.75, 3.05) is 19.7 Å². The monoisotopic (exact) mass is 434 g/mol. The Bertz CT molecular complexity index is 937. The molecule has 1 aliphatic heterocycles. The molecule has 2 unspecified atom stereocenters. The topological polar surface area (TPSA) is 78.9 Å². The molecule has 1 saturated heterocycles. The van der Waals surface area contributed by atoms with Crippen LogP contribution >= 0.6 is 11.6 Å². The van der Waals surface area contributed by atoms with Crippen molar-refractivity contribution < 1.29 is 23.8 Å². The SMILES string of the molecule is CC1CNC(C)(C(=O)COc2ccc(Cl)cc2C(=O)O)CN1Cc1ccc(F)cc1. The Labute approximate surface area is 179 Å². The number of carboxylic acid groups (broad SMARTS) is 1. The molecule has 2 aromatic rings. The second-order valence-electron chi connectivity index (χ2n) is 7.75. The molecule has 3 rings (SSSR count). The van der Waals surface area contributed by atoms with E-state index in [1.165, 1.54) is 30.3 Å². The van der Waals surface area contributed by atoms with Gasteiger partial charge in [0.15, 0.2) is 5.78 Å². The predicted octanol–water partition coefficient (Wildman–Crippen LogP) is 3.38. The largest absolute Gasteiger partial charge is 0.485 e. The van der Waals surface area contributed by atoms with Crippen LogP contribution in [0.2, 0.25) is 5.02 Å². The highest BCUT2D eigenvalue weighted by Gasteiger charge is 2.40. The van der Waals surface area contributed by atoms with Gasteiger partial charge in [0.1, 0.15) is 23.7 Å². The van der Waals surface area contributed by atoms with Crippen LogP contribution in [-0.2, 0) is 11.3 Å². The summed E-state index contributed by atoms with van der Waals surface area (Å²) in [6, 6.07) is 10.8. The first-order chi connectivity index (χ1) is 14.2. The highest BCUT2D eigenvalue weighted by molar-refractivity contribution is 6.31. The number of benzene rings is 2. The molecular weight excluding hydrogens is 411 g/mol. The number of ether oxygens (including phenoxy) is 1. The summed E-state index contributed by atoms with van der Waals surface area (Å²) in [4.78, 5) is 26.5. The molecule has 0 saturated carbocycles. The smallest absolute Gasteiger partial charge is 0.339 e. The number of carboxylic acids is 1. The molecule has 160 valence electrons. The summed E-state index contributed by atoms with van der Waals surface area (Å²) in [7, 11) is 0. The van der Waals surface area contributed by atoms with Gasteiger partial charge in [0.05, 0.1) is 5.54 Å². The zero-order valence-corrected chi connectivity index (χ0v) is 17.6. The van der Waals surface area contributed by atoms with Crippen molar-refractivity contribution in [1.82, 2.24) is 10.2 Å². The molecule has 8 heteroatoms. The van der Waals surface area contributed by atoms with Crippen LogP contribution in [-0.4, -0.2) is 53.0 Å². The van der Waals surface area contributed by atoms with E-state index in [9.17, 15) is 19.1 Å². The van der Waals surface area contributed by atoms with Gasteiger partial charge >= 0.3 is 5.97 Å². The van der Waals surface area contributed by atoms with Crippen LogP contribution in [0, 0.1) is 5.82 Å². The molecule has 1 fully saturated rings. The van der Waals surface area contributed by atoms with E-state index in [1.54, 1.807) is 12.1 Å². The summed E-state index contributed by atoms with van der Waals surface area (Å²) < 4.78 is 18.7. The fourth-order valence-electron chi connectivity index (χ4n) is 3.44. The van der Waals surface area contributed by atoms with Gasteiger partial charge in [-0.3, -0.25) is 9.69 Å². The maximum absolute atomic E-state index is 13.2. The van der Waals surface area contributed by atoms with Crippen LogP contribution < -0.4 is 10.1 Å². The molecule has 1 aliphatic rings. The van der Waals surface area contributed by atoms with E-state index < -0.39 is 11.5 Å². The number of piperazine rings is 1. The Morgan fingerprint density at radius 3 is 2.67 bits per heavy atom. The zero-order chi connectivity index (χ0) is 21.9. The van der Waals surface area contributed by atoms with Crippen LogP contribution in [0.4, 0.5) is 4.39 Å². The van der Waals surface area contributed by atoms with Crippen molar-refractivity contribution in [3.63, 3.8) is 0 Å². The molecule has 0 aromatic heterocycles. The normalized spacial score (nSPS) is 21.9. The molecule has 30 heavy (non-hydrogen) atoms. The lowest BCUT2D eigenvalue weighted by atomic mass is 9.91. The molecule has 0 aliphatic carbocycles. The van der Waals surface area contributed by atoms with Gasteiger partial charge in [-0.25, -0.2) is 9.18 Å². The molecule has 0 spiro atoms. The minimum Gasteiger partial charge on any atom is -0.485 e. The first-order valence-electron chi connectivity index (χ1n) is 9.60. The number of rotatable bonds is 7. The second-order valence-corrected chi connectivity index (χ2v) is 8.19. The maximum atomic E-state index is 13.2. The summed E-state index contributed by atoms with van der Waals surface area (Å²) in [5.74, 6) is -1.56. The molecule has 2 aromatic carbocycles. The Balaban J connectivity index is 1.67. The van der Waals surface area contributed by atoms with E-state index in [0.29, 0.717) is 19.6 Å². The molecular formula is C22H24ClFN2O4. The Morgan fingerprint density at radius 2 is 2.00 bits per heavy atom. The number of carbonyl (C=O) groups is 2. The number of Topliss-reactive ketones (excluding diaryl/α,β-unsaturated/α-hetero) is 1. The lowest BCUT2D eigenvalue weighted by molar-refractivity contribution is -0.129. The van der Waals surface area contributed by atoms with E-state index in [-0.39, 0.29) is 40.6 Å².